The van der Waals surface area contributed by atoms with Gasteiger partial charge in [0.15, 0.2) is 0 Å². The fourth-order valence-electron chi connectivity index (χ4n) is 2.00. The van der Waals surface area contributed by atoms with E-state index >= 15 is 0 Å². The number of ether oxygens (including phenoxy) is 1. The predicted octanol–water partition coefficient (Wildman–Crippen LogP) is 4.46. The van der Waals surface area contributed by atoms with Crippen molar-refractivity contribution < 1.29 is 9.13 Å². The summed E-state index contributed by atoms with van der Waals surface area (Å²) >= 11 is 0. The zero-order valence-electron chi connectivity index (χ0n) is 11.8. The number of nitrogens with zero attached hydrogens (tertiary/aromatic N) is 1. The first-order valence-corrected chi connectivity index (χ1v) is 6.48. The molecule has 0 atom stereocenters. The number of hydrogen-bond donors (Lipinski definition) is 0. The van der Waals surface area contributed by atoms with Crippen molar-refractivity contribution in [2.24, 2.45) is 0 Å². The number of hydrogen-bond acceptors (Lipinski definition) is 2. The van der Waals surface area contributed by atoms with E-state index in [1.165, 1.54) is 6.07 Å². The summed E-state index contributed by atoms with van der Waals surface area (Å²) in [5.41, 5.74) is 2.57. The Morgan fingerprint density at radius 2 is 1.90 bits per heavy atom. The van der Waals surface area contributed by atoms with Crippen LogP contribution in [0.5, 0.6) is 5.75 Å². The van der Waals surface area contributed by atoms with E-state index in [9.17, 15) is 9.65 Å². The SMILES string of the molecule is Cc1ccc(F)c(-c2ccc(OC(C)C)c(C#N)c2)c1. The van der Waals surface area contributed by atoms with E-state index in [-0.39, 0.29) is 11.9 Å². The summed E-state index contributed by atoms with van der Waals surface area (Å²) in [6.45, 7) is 5.70. The maximum absolute atomic E-state index is 13.9. The highest BCUT2D eigenvalue weighted by atomic mass is 19.1. The first-order chi connectivity index (χ1) is 9.51. The van der Waals surface area contributed by atoms with Gasteiger partial charge >= 0.3 is 0 Å². The van der Waals surface area contributed by atoms with Crippen molar-refractivity contribution in [1.29, 1.82) is 5.26 Å². The van der Waals surface area contributed by atoms with E-state index < -0.39 is 0 Å². The van der Waals surface area contributed by atoms with Crippen LogP contribution in [0.15, 0.2) is 36.4 Å². The molecular weight excluding hydrogens is 253 g/mol. The monoisotopic (exact) mass is 269 g/mol. The molecule has 0 amide bonds. The molecule has 0 heterocycles. The maximum Gasteiger partial charge on any atom is 0.137 e. The molecule has 0 saturated carbocycles. The third-order valence-electron chi connectivity index (χ3n) is 2.90. The van der Waals surface area contributed by atoms with E-state index in [4.69, 9.17) is 4.74 Å². The van der Waals surface area contributed by atoms with Crippen molar-refractivity contribution in [2.75, 3.05) is 0 Å². The summed E-state index contributed by atoms with van der Waals surface area (Å²) < 4.78 is 19.5. The van der Waals surface area contributed by atoms with Gasteiger partial charge in [-0.2, -0.15) is 5.26 Å². The summed E-state index contributed by atoms with van der Waals surface area (Å²) in [5.74, 6) is 0.233. The molecule has 0 radical (unpaired) electrons. The largest absolute Gasteiger partial charge is 0.490 e. The Labute approximate surface area is 118 Å². The second-order valence-corrected chi connectivity index (χ2v) is 4.97. The average molecular weight is 269 g/mol. The lowest BCUT2D eigenvalue weighted by molar-refractivity contribution is 0.242. The molecule has 3 heteroatoms. The fraction of sp³-hybridized carbons (Fsp3) is 0.235. The van der Waals surface area contributed by atoms with Crippen LogP contribution in [0.4, 0.5) is 4.39 Å². The van der Waals surface area contributed by atoms with Crippen LogP contribution >= 0.6 is 0 Å². The molecule has 0 aliphatic carbocycles. The highest BCUT2D eigenvalue weighted by Gasteiger charge is 2.10. The molecule has 0 fully saturated rings. The fourth-order valence-corrected chi connectivity index (χ4v) is 2.00. The van der Waals surface area contributed by atoms with E-state index in [2.05, 4.69) is 6.07 Å². The highest BCUT2D eigenvalue weighted by Crippen LogP contribution is 2.29. The molecule has 0 saturated heterocycles. The number of rotatable bonds is 3. The minimum atomic E-state index is -0.294. The number of aryl methyl sites for hydroxylation is 1. The molecule has 2 aromatic rings. The lowest BCUT2D eigenvalue weighted by Gasteiger charge is -2.12. The lowest BCUT2D eigenvalue weighted by Crippen LogP contribution is -2.06. The molecule has 2 nitrogen and oxygen atoms in total. The molecule has 0 aliphatic heterocycles. The van der Waals surface area contributed by atoms with E-state index in [1.807, 2.05) is 20.8 Å². The van der Waals surface area contributed by atoms with Crippen molar-refractivity contribution in [3.05, 3.63) is 53.3 Å². The molecular formula is C17H16FNO. The third kappa shape index (κ3) is 2.97. The van der Waals surface area contributed by atoms with Gasteiger partial charge in [0.05, 0.1) is 11.7 Å². The van der Waals surface area contributed by atoms with Gasteiger partial charge in [-0.1, -0.05) is 17.7 Å². The van der Waals surface area contributed by atoms with Gasteiger partial charge in [0.2, 0.25) is 0 Å². The van der Waals surface area contributed by atoms with Crippen LogP contribution in [0.25, 0.3) is 11.1 Å². The zero-order chi connectivity index (χ0) is 14.7. The van der Waals surface area contributed by atoms with Gasteiger partial charge in [-0.05, 0) is 50.6 Å². The maximum atomic E-state index is 13.9. The Hall–Kier alpha value is -2.34. The summed E-state index contributed by atoms with van der Waals surface area (Å²) in [7, 11) is 0. The predicted molar refractivity (Wildman–Crippen MR) is 77.1 cm³/mol. The molecule has 0 spiro atoms. The highest BCUT2D eigenvalue weighted by molar-refractivity contribution is 5.68. The van der Waals surface area contributed by atoms with Gasteiger partial charge < -0.3 is 4.74 Å². The average Bonchev–Trinajstić information content (AvgIpc) is 2.41. The van der Waals surface area contributed by atoms with Gasteiger partial charge in [0, 0.05) is 5.56 Å². The Morgan fingerprint density at radius 1 is 1.15 bits per heavy atom. The quantitative estimate of drug-likeness (QED) is 0.824. The lowest BCUT2D eigenvalue weighted by atomic mass is 10.0. The Balaban J connectivity index is 2.49. The molecule has 0 unspecified atom stereocenters. The standard InChI is InChI=1S/C17H16FNO/c1-11(2)20-17-7-5-13(9-14(17)10-19)15-8-12(3)4-6-16(15)18/h4-9,11H,1-3H3. The minimum Gasteiger partial charge on any atom is -0.490 e. The topological polar surface area (TPSA) is 33.0 Å². The van der Waals surface area contributed by atoms with Crippen molar-refractivity contribution in [3.63, 3.8) is 0 Å². The van der Waals surface area contributed by atoms with Crippen molar-refractivity contribution in [1.82, 2.24) is 0 Å². The van der Waals surface area contributed by atoms with E-state index in [0.29, 0.717) is 22.4 Å². The minimum absolute atomic E-state index is 0.0105. The van der Waals surface area contributed by atoms with Crippen LogP contribution in [0.2, 0.25) is 0 Å². The van der Waals surface area contributed by atoms with Crippen molar-refractivity contribution >= 4 is 0 Å². The summed E-state index contributed by atoms with van der Waals surface area (Å²) in [6, 6.07) is 12.2. The molecule has 0 N–H and O–H groups in total. The number of benzene rings is 2. The van der Waals surface area contributed by atoms with E-state index in [1.54, 1.807) is 30.3 Å². The Kier molecular flexibility index (Phi) is 4.05. The molecule has 2 aromatic carbocycles. The van der Waals surface area contributed by atoms with Crippen LogP contribution in [-0.4, -0.2) is 6.10 Å². The first kappa shape index (κ1) is 14.1. The second kappa shape index (κ2) is 5.75. The Morgan fingerprint density at radius 3 is 2.55 bits per heavy atom. The second-order valence-electron chi connectivity index (χ2n) is 4.97. The summed E-state index contributed by atoms with van der Waals surface area (Å²) in [5, 5.41) is 9.20. The summed E-state index contributed by atoms with van der Waals surface area (Å²) in [4.78, 5) is 0. The van der Waals surface area contributed by atoms with Gasteiger partial charge in [-0.25, -0.2) is 4.39 Å². The van der Waals surface area contributed by atoms with E-state index in [0.717, 1.165) is 5.56 Å². The molecule has 2 rings (SSSR count). The molecule has 102 valence electrons. The van der Waals surface area contributed by atoms with Crippen LogP contribution in [-0.2, 0) is 0 Å². The van der Waals surface area contributed by atoms with Gasteiger partial charge in [-0.3, -0.25) is 0 Å². The van der Waals surface area contributed by atoms with Crippen molar-refractivity contribution in [3.8, 4) is 22.9 Å². The van der Waals surface area contributed by atoms with Crippen LogP contribution < -0.4 is 4.74 Å². The zero-order valence-corrected chi connectivity index (χ0v) is 11.8. The van der Waals surface area contributed by atoms with Gasteiger partial charge in [-0.15, -0.1) is 0 Å². The smallest absolute Gasteiger partial charge is 0.137 e. The van der Waals surface area contributed by atoms with Crippen LogP contribution in [0, 0.1) is 24.1 Å². The molecule has 0 bridgehead atoms. The van der Waals surface area contributed by atoms with Gasteiger partial charge in [0.25, 0.3) is 0 Å². The normalized spacial score (nSPS) is 10.4. The molecule has 20 heavy (non-hydrogen) atoms. The summed E-state index contributed by atoms with van der Waals surface area (Å²) in [6.07, 6.45) is -0.0105. The van der Waals surface area contributed by atoms with Crippen molar-refractivity contribution in [2.45, 2.75) is 26.9 Å². The third-order valence-corrected chi connectivity index (χ3v) is 2.90. The number of nitriles is 1. The van der Waals surface area contributed by atoms with Crippen LogP contribution in [0.1, 0.15) is 25.0 Å². The van der Waals surface area contributed by atoms with Crippen LogP contribution in [0.3, 0.4) is 0 Å². The molecule has 0 aromatic heterocycles. The van der Waals surface area contributed by atoms with Gasteiger partial charge in [0.1, 0.15) is 17.6 Å². The molecule has 0 aliphatic rings. The first-order valence-electron chi connectivity index (χ1n) is 6.48. The Bertz CT molecular complexity index is 671. The number of halogens is 1.